The first-order valence-electron chi connectivity index (χ1n) is 9.02. The molecule has 28 heavy (non-hydrogen) atoms. The Hall–Kier alpha value is -3.49. The van der Waals surface area contributed by atoms with Gasteiger partial charge in [-0.15, -0.1) is 0 Å². The third-order valence-corrected chi connectivity index (χ3v) is 4.08. The number of aryl methyl sites for hydroxylation is 2. The van der Waals surface area contributed by atoms with E-state index in [-0.39, 0.29) is 17.3 Å². The van der Waals surface area contributed by atoms with Gasteiger partial charge >= 0.3 is 5.69 Å². The molecule has 0 radical (unpaired) electrons. The Kier molecular flexibility index (Phi) is 5.83. The Morgan fingerprint density at radius 1 is 1.21 bits per heavy atom. The van der Waals surface area contributed by atoms with Crippen molar-refractivity contribution < 1.29 is 9.66 Å². The molecule has 2 heterocycles. The number of unbranched alkanes of at least 4 members (excludes halogenated alkanes) is 1. The Labute approximate surface area is 162 Å². The highest BCUT2D eigenvalue weighted by Crippen LogP contribution is 2.31. The molecule has 0 bridgehead atoms. The zero-order valence-corrected chi connectivity index (χ0v) is 16.0. The normalized spacial score (nSPS) is 10.7. The van der Waals surface area contributed by atoms with Crippen LogP contribution in [-0.2, 0) is 0 Å². The zero-order valence-electron chi connectivity index (χ0n) is 16.0. The van der Waals surface area contributed by atoms with E-state index in [1.807, 2.05) is 32.0 Å². The van der Waals surface area contributed by atoms with E-state index in [2.05, 4.69) is 27.3 Å². The average Bonchev–Trinajstić information content (AvgIpc) is 3.01. The molecule has 0 saturated carbocycles. The van der Waals surface area contributed by atoms with Crippen LogP contribution in [0.3, 0.4) is 0 Å². The fraction of sp³-hybridized carbons (Fsp3) is 0.316. The molecule has 9 heteroatoms. The molecule has 0 spiro atoms. The zero-order chi connectivity index (χ0) is 20.1. The number of nitrogens with one attached hydrogen (secondary N) is 1. The number of hydrogen-bond acceptors (Lipinski definition) is 7. The summed E-state index contributed by atoms with van der Waals surface area (Å²) in [4.78, 5) is 19.4. The highest BCUT2D eigenvalue weighted by Gasteiger charge is 2.26. The molecule has 0 fully saturated rings. The van der Waals surface area contributed by atoms with E-state index in [1.165, 1.54) is 11.0 Å². The summed E-state index contributed by atoms with van der Waals surface area (Å²) in [5, 5.41) is 19.0. The van der Waals surface area contributed by atoms with Gasteiger partial charge in [0.05, 0.1) is 17.2 Å². The molecule has 3 rings (SSSR count). The molecule has 1 aromatic carbocycles. The van der Waals surface area contributed by atoms with Gasteiger partial charge in [0, 0.05) is 11.4 Å². The monoisotopic (exact) mass is 382 g/mol. The molecule has 0 saturated heterocycles. The van der Waals surface area contributed by atoms with Crippen LogP contribution in [0.2, 0.25) is 0 Å². The van der Waals surface area contributed by atoms with Crippen LogP contribution in [0.4, 0.5) is 17.2 Å². The summed E-state index contributed by atoms with van der Waals surface area (Å²) in [7, 11) is 0. The van der Waals surface area contributed by atoms with Gasteiger partial charge in [0.15, 0.2) is 0 Å². The fourth-order valence-corrected chi connectivity index (χ4v) is 2.73. The van der Waals surface area contributed by atoms with Crippen LogP contribution in [0.15, 0.2) is 36.7 Å². The van der Waals surface area contributed by atoms with E-state index in [0.717, 1.165) is 30.0 Å². The maximum Gasteiger partial charge on any atom is 0.355 e. The highest BCUT2D eigenvalue weighted by atomic mass is 16.6. The fourth-order valence-electron chi connectivity index (χ4n) is 2.73. The maximum atomic E-state index is 11.7. The van der Waals surface area contributed by atoms with Crippen LogP contribution in [-0.4, -0.2) is 31.3 Å². The SMILES string of the molecule is CCCCOc1ccc(Nc2ncnc(-n3nc(C)cc3C)c2[N+](=O)[O-])cc1. The Balaban J connectivity index is 1.89. The molecule has 1 N–H and O–H groups in total. The second-order valence-corrected chi connectivity index (χ2v) is 6.34. The van der Waals surface area contributed by atoms with E-state index in [9.17, 15) is 10.1 Å². The summed E-state index contributed by atoms with van der Waals surface area (Å²) in [6, 6.07) is 9.03. The summed E-state index contributed by atoms with van der Waals surface area (Å²) in [6.45, 7) is 6.40. The molecule has 9 nitrogen and oxygen atoms in total. The van der Waals surface area contributed by atoms with Crippen LogP contribution < -0.4 is 10.1 Å². The van der Waals surface area contributed by atoms with E-state index in [1.54, 1.807) is 12.1 Å². The maximum absolute atomic E-state index is 11.7. The molecule has 0 atom stereocenters. The van der Waals surface area contributed by atoms with Crippen molar-refractivity contribution in [3.8, 4) is 11.6 Å². The van der Waals surface area contributed by atoms with Gasteiger partial charge in [-0.2, -0.15) is 5.10 Å². The lowest BCUT2D eigenvalue weighted by Crippen LogP contribution is -2.09. The third-order valence-electron chi connectivity index (χ3n) is 4.08. The van der Waals surface area contributed by atoms with Crippen molar-refractivity contribution in [1.29, 1.82) is 0 Å². The number of benzene rings is 1. The van der Waals surface area contributed by atoms with Crippen molar-refractivity contribution in [2.24, 2.45) is 0 Å². The van der Waals surface area contributed by atoms with Crippen molar-refractivity contribution in [2.45, 2.75) is 33.6 Å². The van der Waals surface area contributed by atoms with Gasteiger partial charge in [-0.1, -0.05) is 13.3 Å². The van der Waals surface area contributed by atoms with Crippen molar-refractivity contribution in [2.75, 3.05) is 11.9 Å². The lowest BCUT2D eigenvalue weighted by molar-refractivity contribution is -0.384. The smallest absolute Gasteiger partial charge is 0.355 e. The highest BCUT2D eigenvalue weighted by molar-refractivity contribution is 5.70. The summed E-state index contributed by atoms with van der Waals surface area (Å²) in [6.07, 6.45) is 3.33. The van der Waals surface area contributed by atoms with Gasteiger partial charge in [-0.3, -0.25) is 10.1 Å². The number of anilines is 2. The second kappa shape index (κ2) is 8.47. The van der Waals surface area contributed by atoms with Crippen LogP contribution >= 0.6 is 0 Å². The molecule has 0 aliphatic heterocycles. The average molecular weight is 382 g/mol. The quantitative estimate of drug-likeness (QED) is 0.355. The molecular formula is C19H22N6O3. The van der Waals surface area contributed by atoms with Gasteiger partial charge < -0.3 is 10.1 Å². The lowest BCUT2D eigenvalue weighted by atomic mass is 10.3. The molecule has 3 aromatic rings. The largest absolute Gasteiger partial charge is 0.494 e. The van der Waals surface area contributed by atoms with Crippen molar-refractivity contribution >= 4 is 17.2 Å². The molecule has 2 aromatic heterocycles. The van der Waals surface area contributed by atoms with E-state index in [4.69, 9.17) is 4.74 Å². The lowest BCUT2D eigenvalue weighted by Gasteiger charge is -2.10. The predicted molar refractivity (Wildman–Crippen MR) is 105 cm³/mol. The summed E-state index contributed by atoms with van der Waals surface area (Å²) < 4.78 is 7.08. The standard InChI is InChI=1S/C19H22N6O3/c1-4-5-10-28-16-8-6-15(7-9-16)22-18-17(25(26)27)19(21-12-20-18)24-14(3)11-13(2)23-24/h6-9,11-12H,4-5,10H2,1-3H3,(H,20,21,22). The molecular weight excluding hydrogens is 360 g/mol. The summed E-state index contributed by atoms with van der Waals surface area (Å²) >= 11 is 0. The number of hydrogen-bond donors (Lipinski definition) is 1. The Morgan fingerprint density at radius 2 is 1.96 bits per heavy atom. The van der Waals surface area contributed by atoms with Gasteiger partial charge in [0.1, 0.15) is 12.1 Å². The van der Waals surface area contributed by atoms with Crippen LogP contribution in [0.1, 0.15) is 31.2 Å². The van der Waals surface area contributed by atoms with E-state index >= 15 is 0 Å². The predicted octanol–water partition coefficient (Wildman–Crippen LogP) is 4.11. The molecule has 0 aliphatic rings. The number of ether oxygens (including phenoxy) is 1. The van der Waals surface area contributed by atoms with Gasteiger partial charge in [0.25, 0.3) is 0 Å². The van der Waals surface area contributed by atoms with Crippen LogP contribution in [0.5, 0.6) is 5.75 Å². The van der Waals surface area contributed by atoms with Gasteiger partial charge in [-0.25, -0.2) is 14.6 Å². The van der Waals surface area contributed by atoms with Crippen molar-refractivity contribution in [3.05, 3.63) is 58.2 Å². The minimum atomic E-state index is -0.504. The first kappa shape index (κ1) is 19.3. The van der Waals surface area contributed by atoms with E-state index < -0.39 is 4.92 Å². The number of nitrogens with zero attached hydrogens (tertiary/aromatic N) is 5. The topological polar surface area (TPSA) is 108 Å². The van der Waals surface area contributed by atoms with Crippen LogP contribution in [0.25, 0.3) is 5.82 Å². The second-order valence-electron chi connectivity index (χ2n) is 6.34. The van der Waals surface area contributed by atoms with E-state index in [0.29, 0.717) is 12.3 Å². The van der Waals surface area contributed by atoms with Crippen molar-refractivity contribution in [3.63, 3.8) is 0 Å². The minimum absolute atomic E-state index is 0.0993. The number of nitro groups is 1. The molecule has 0 aliphatic carbocycles. The molecule has 146 valence electrons. The molecule has 0 unspecified atom stereocenters. The van der Waals surface area contributed by atoms with Gasteiger partial charge in [0.2, 0.25) is 11.6 Å². The Morgan fingerprint density at radius 3 is 2.57 bits per heavy atom. The Bertz CT molecular complexity index is 968. The molecule has 0 amide bonds. The first-order valence-corrected chi connectivity index (χ1v) is 9.02. The third kappa shape index (κ3) is 4.25. The van der Waals surface area contributed by atoms with Crippen molar-refractivity contribution in [1.82, 2.24) is 19.7 Å². The van der Waals surface area contributed by atoms with Gasteiger partial charge in [-0.05, 0) is 50.6 Å². The van der Waals surface area contributed by atoms with Crippen LogP contribution in [0, 0.1) is 24.0 Å². The minimum Gasteiger partial charge on any atom is -0.494 e. The number of rotatable bonds is 8. The summed E-state index contributed by atoms with van der Waals surface area (Å²) in [5.74, 6) is 0.967. The number of aromatic nitrogens is 4. The first-order chi connectivity index (χ1) is 13.5. The summed E-state index contributed by atoms with van der Waals surface area (Å²) in [5.41, 5.74) is 1.92.